The molecule has 1 atom stereocenters. The summed E-state index contributed by atoms with van der Waals surface area (Å²) in [6, 6.07) is 2.38. The molecule has 0 saturated carbocycles. The summed E-state index contributed by atoms with van der Waals surface area (Å²) in [6.45, 7) is 1.57. The molecule has 2 rings (SSSR count). The van der Waals surface area contributed by atoms with E-state index in [-0.39, 0.29) is 22.4 Å². The van der Waals surface area contributed by atoms with Crippen LogP contribution in [0.2, 0.25) is 5.02 Å². The SMILES string of the molecule is Oc1ccc(Cl)c(F)c1C1COCCN1. The van der Waals surface area contributed by atoms with Gasteiger partial charge in [-0.25, -0.2) is 4.39 Å². The number of benzene rings is 1. The van der Waals surface area contributed by atoms with Crippen molar-refractivity contribution in [2.75, 3.05) is 19.8 Å². The monoisotopic (exact) mass is 231 g/mol. The average molecular weight is 232 g/mol. The van der Waals surface area contributed by atoms with E-state index in [0.29, 0.717) is 19.8 Å². The van der Waals surface area contributed by atoms with Crippen molar-refractivity contribution in [1.82, 2.24) is 5.32 Å². The second-order valence-corrected chi connectivity index (χ2v) is 3.78. The first-order valence-electron chi connectivity index (χ1n) is 4.68. The first kappa shape index (κ1) is 10.7. The third kappa shape index (κ3) is 2.07. The lowest BCUT2D eigenvalue weighted by Gasteiger charge is -2.25. The van der Waals surface area contributed by atoms with Crippen molar-refractivity contribution in [3.05, 3.63) is 28.5 Å². The standard InChI is InChI=1S/C10H11ClFNO2/c11-6-1-2-8(14)9(10(6)12)7-5-15-4-3-13-7/h1-2,7,13-14H,3-5H2. The Labute approximate surface area is 91.8 Å². The molecule has 2 N–H and O–H groups in total. The number of ether oxygens (including phenoxy) is 1. The molecule has 5 heteroatoms. The Morgan fingerprint density at radius 2 is 2.33 bits per heavy atom. The summed E-state index contributed by atoms with van der Waals surface area (Å²) in [5.74, 6) is -0.681. The van der Waals surface area contributed by atoms with Crippen molar-refractivity contribution in [1.29, 1.82) is 0 Å². The van der Waals surface area contributed by atoms with E-state index in [4.69, 9.17) is 16.3 Å². The number of halogens is 2. The van der Waals surface area contributed by atoms with Gasteiger partial charge in [-0.3, -0.25) is 0 Å². The molecular weight excluding hydrogens is 221 g/mol. The minimum atomic E-state index is -0.584. The molecule has 1 aromatic rings. The molecule has 0 amide bonds. The predicted octanol–water partition coefficient (Wildman–Crippen LogP) is 1.85. The molecule has 1 aliphatic rings. The highest BCUT2D eigenvalue weighted by Crippen LogP contribution is 2.32. The third-order valence-corrected chi connectivity index (χ3v) is 2.67. The fraction of sp³-hybridized carbons (Fsp3) is 0.400. The molecular formula is C10H11ClFNO2. The molecule has 0 bridgehead atoms. The van der Waals surface area contributed by atoms with Gasteiger partial charge in [0.25, 0.3) is 0 Å². The van der Waals surface area contributed by atoms with E-state index in [2.05, 4.69) is 5.32 Å². The molecule has 1 aromatic carbocycles. The van der Waals surface area contributed by atoms with Gasteiger partial charge in [-0.1, -0.05) is 11.6 Å². The lowest BCUT2D eigenvalue weighted by molar-refractivity contribution is 0.0749. The Balaban J connectivity index is 2.36. The number of nitrogens with one attached hydrogen (secondary N) is 1. The second kappa shape index (κ2) is 4.35. The molecule has 0 spiro atoms. The van der Waals surface area contributed by atoms with Gasteiger partial charge in [-0.05, 0) is 12.1 Å². The summed E-state index contributed by atoms with van der Waals surface area (Å²) in [5.41, 5.74) is 0.183. The van der Waals surface area contributed by atoms with Gasteiger partial charge < -0.3 is 15.2 Å². The molecule has 1 fully saturated rings. The highest BCUT2D eigenvalue weighted by atomic mass is 35.5. The molecule has 0 aromatic heterocycles. The molecule has 1 unspecified atom stereocenters. The molecule has 1 heterocycles. The van der Waals surface area contributed by atoms with Crippen LogP contribution in [0.5, 0.6) is 5.75 Å². The van der Waals surface area contributed by atoms with Gasteiger partial charge in [0, 0.05) is 6.54 Å². The van der Waals surface area contributed by atoms with Crippen LogP contribution in [0, 0.1) is 5.82 Å². The number of phenols is 1. The Bertz CT molecular complexity index is 367. The highest BCUT2D eigenvalue weighted by Gasteiger charge is 2.23. The van der Waals surface area contributed by atoms with Crippen LogP contribution < -0.4 is 5.32 Å². The first-order valence-corrected chi connectivity index (χ1v) is 5.06. The minimum Gasteiger partial charge on any atom is -0.507 e. The van der Waals surface area contributed by atoms with Crippen molar-refractivity contribution < 1.29 is 14.2 Å². The molecule has 3 nitrogen and oxygen atoms in total. The Kier molecular flexibility index (Phi) is 3.09. The summed E-state index contributed by atoms with van der Waals surface area (Å²) in [5, 5.41) is 12.6. The predicted molar refractivity (Wildman–Crippen MR) is 54.6 cm³/mol. The van der Waals surface area contributed by atoms with Gasteiger partial charge in [0.2, 0.25) is 0 Å². The largest absolute Gasteiger partial charge is 0.507 e. The van der Waals surface area contributed by atoms with Gasteiger partial charge in [0.05, 0.1) is 29.8 Å². The van der Waals surface area contributed by atoms with E-state index < -0.39 is 5.82 Å². The Morgan fingerprint density at radius 1 is 1.53 bits per heavy atom. The number of phenolic OH excluding ortho intramolecular Hbond substituents is 1. The maximum atomic E-state index is 13.7. The van der Waals surface area contributed by atoms with Crippen LogP contribution in [0.4, 0.5) is 4.39 Å². The number of morpholine rings is 1. The maximum absolute atomic E-state index is 13.7. The van der Waals surface area contributed by atoms with E-state index >= 15 is 0 Å². The Hall–Kier alpha value is -0.840. The molecule has 0 radical (unpaired) electrons. The van der Waals surface area contributed by atoms with Crippen LogP contribution in [0.15, 0.2) is 12.1 Å². The summed E-state index contributed by atoms with van der Waals surface area (Å²) in [6.07, 6.45) is 0. The fourth-order valence-electron chi connectivity index (χ4n) is 1.64. The van der Waals surface area contributed by atoms with Gasteiger partial charge >= 0.3 is 0 Å². The molecule has 82 valence electrons. The molecule has 1 aliphatic heterocycles. The van der Waals surface area contributed by atoms with Crippen molar-refractivity contribution in [2.45, 2.75) is 6.04 Å². The summed E-state index contributed by atoms with van der Waals surface area (Å²) in [4.78, 5) is 0. The Morgan fingerprint density at radius 3 is 3.00 bits per heavy atom. The van der Waals surface area contributed by atoms with Crippen LogP contribution in [0.3, 0.4) is 0 Å². The highest BCUT2D eigenvalue weighted by molar-refractivity contribution is 6.30. The fourth-order valence-corrected chi connectivity index (χ4v) is 1.80. The zero-order valence-electron chi connectivity index (χ0n) is 7.96. The lowest BCUT2D eigenvalue weighted by atomic mass is 10.0. The van der Waals surface area contributed by atoms with Crippen LogP contribution in [-0.2, 0) is 4.74 Å². The summed E-state index contributed by atoms with van der Waals surface area (Å²) in [7, 11) is 0. The van der Waals surface area contributed by atoms with Gasteiger partial charge in [0.1, 0.15) is 11.6 Å². The van der Waals surface area contributed by atoms with E-state index in [9.17, 15) is 9.50 Å². The summed E-state index contributed by atoms with van der Waals surface area (Å²) < 4.78 is 18.9. The maximum Gasteiger partial charge on any atom is 0.150 e. The molecule has 1 saturated heterocycles. The summed E-state index contributed by atoms with van der Waals surface area (Å²) >= 11 is 5.65. The van der Waals surface area contributed by atoms with E-state index in [0.717, 1.165) is 0 Å². The number of hydrogen-bond acceptors (Lipinski definition) is 3. The smallest absolute Gasteiger partial charge is 0.150 e. The second-order valence-electron chi connectivity index (χ2n) is 3.38. The number of hydrogen-bond donors (Lipinski definition) is 2. The van der Waals surface area contributed by atoms with E-state index in [1.54, 1.807) is 0 Å². The molecule has 0 aliphatic carbocycles. The van der Waals surface area contributed by atoms with Crippen molar-refractivity contribution in [3.8, 4) is 5.75 Å². The normalized spacial score (nSPS) is 21.6. The number of aromatic hydroxyl groups is 1. The lowest BCUT2D eigenvalue weighted by Crippen LogP contribution is -2.35. The van der Waals surface area contributed by atoms with Gasteiger partial charge in [0.15, 0.2) is 0 Å². The first-order chi connectivity index (χ1) is 7.20. The van der Waals surface area contributed by atoms with Crippen LogP contribution in [0.25, 0.3) is 0 Å². The van der Waals surface area contributed by atoms with Crippen LogP contribution in [-0.4, -0.2) is 24.9 Å². The van der Waals surface area contributed by atoms with Crippen LogP contribution >= 0.6 is 11.6 Å². The van der Waals surface area contributed by atoms with Crippen molar-refractivity contribution in [3.63, 3.8) is 0 Å². The van der Waals surface area contributed by atoms with Gasteiger partial charge in [-0.2, -0.15) is 0 Å². The number of rotatable bonds is 1. The topological polar surface area (TPSA) is 41.5 Å². The third-order valence-electron chi connectivity index (χ3n) is 2.38. The average Bonchev–Trinajstić information content (AvgIpc) is 2.26. The van der Waals surface area contributed by atoms with E-state index in [1.165, 1.54) is 12.1 Å². The van der Waals surface area contributed by atoms with Gasteiger partial charge in [-0.15, -0.1) is 0 Å². The minimum absolute atomic E-state index is 0.00942. The zero-order valence-corrected chi connectivity index (χ0v) is 8.72. The van der Waals surface area contributed by atoms with Crippen LogP contribution in [0.1, 0.15) is 11.6 Å². The zero-order chi connectivity index (χ0) is 10.8. The van der Waals surface area contributed by atoms with Crippen molar-refractivity contribution in [2.24, 2.45) is 0 Å². The van der Waals surface area contributed by atoms with Crippen molar-refractivity contribution >= 4 is 11.6 Å². The molecule has 15 heavy (non-hydrogen) atoms. The quantitative estimate of drug-likeness (QED) is 0.775. The van der Waals surface area contributed by atoms with E-state index in [1.807, 2.05) is 0 Å².